The number of nitrogens with zero attached hydrogens (tertiary/aromatic N) is 2. The maximum absolute atomic E-state index is 5.53. The Kier molecular flexibility index (Phi) is 10.3. The lowest BCUT2D eigenvalue weighted by atomic mass is 9.89. The number of pyridine rings is 1. The standard InChI is InChI=1S/C16H28N4O.HI/c1-16(2,3)14(21-5)12-20-15(17-4)19-11-9-13-8-6-7-10-18-13;/h6-8,10,14H,9,11-12H2,1-5H3,(H2,17,19,20);1H. The molecule has 1 heterocycles. The molecule has 0 aliphatic rings. The van der Waals surface area contributed by atoms with Crippen molar-refractivity contribution in [1.29, 1.82) is 0 Å². The second-order valence-electron chi connectivity index (χ2n) is 6.04. The van der Waals surface area contributed by atoms with Crippen LogP contribution in [0.15, 0.2) is 29.4 Å². The van der Waals surface area contributed by atoms with E-state index in [9.17, 15) is 0 Å². The van der Waals surface area contributed by atoms with Gasteiger partial charge in [0.2, 0.25) is 0 Å². The third kappa shape index (κ3) is 7.93. The molecule has 0 aliphatic heterocycles. The maximum Gasteiger partial charge on any atom is 0.191 e. The van der Waals surface area contributed by atoms with Crippen molar-refractivity contribution in [3.05, 3.63) is 30.1 Å². The molecule has 0 fully saturated rings. The first-order valence-electron chi connectivity index (χ1n) is 7.34. The van der Waals surface area contributed by atoms with Crippen molar-refractivity contribution in [2.45, 2.75) is 33.3 Å². The predicted molar refractivity (Wildman–Crippen MR) is 103 cm³/mol. The highest BCUT2D eigenvalue weighted by Gasteiger charge is 2.24. The summed E-state index contributed by atoms with van der Waals surface area (Å²) in [5.74, 6) is 0.789. The minimum absolute atomic E-state index is 0. The van der Waals surface area contributed by atoms with Crippen molar-refractivity contribution in [3.63, 3.8) is 0 Å². The molecule has 1 unspecified atom stereocenters. The van der Waals surface area contributed by atoms with Gasteiger partial charge in [0.25, 0.3) is 0 Å². The first kappa shape index (κ1) is 21.1. The minimum Gasteiger partial charge on any atom is -0.379 e. The molecule has 2 N–H and O–H groups in total. The normalized spacial score (nSPS) is 13.2. The van der Waals surface area contributed by atoms with Crippen LogP contribution in [0.1, 0.15) is 26.5 Å². The second kappa shape index (κ2) is 10.8. The molecule has 0 spiro atoms. The molecule has 1 rings (SSSR count). The van der Waals surface area contributed by atoms with Gasteiger partial charge < -0.3 is 15.4 Å². The lowest BCUT2D eigenvalue weighted by molar-refractivity contribution is 0.0205. The molecule has 1 aromatic heterocycles. The Balaban J connectivity index is 0.00000441. The third-order valence-corrected chi connectivity index (χ3v) is 3.33. The maximum atomic E-state index is 5.53. The number of ether oxygens (including phenoxy) is 1. The summed E-state index contributed by atoms with van der Waals surface area (Å²) in [4.78, 5) is 8.53. The van der Waals surface area contributed by atoms with Gasteiger partial charge in [-0.05, 0) is 17.5 Å². The molecule has 6 heteroatoms. The quantitative estimate of drug-likeness (QED) is 0.422. The largest absolute Gasteiger partial charge is 0.379 e. The molecule has 0 aromatic carbocycles. The fourth-order valence-corrected chi connectivity index (χ4v) is 2.01. The second-order valence-corrected chi connectivity index (χ2v) is 6.04. The number of halogens is 1. The van der Waals surface area contributed by atoms with Crippen molar-refractivity contribution in [1.82, 2.24) is 15.6 Å². The molecule has 0 bridgehead atoms. The summed E-state index contributed by atoms with van der Waals surface area (Å²) in [7, 11) is 3.52. The van der Waals surface area contributed by atoms with Gasteiger partial charge in [0.1, 0.15) is 0 Å². The zero-order chi connectivity index (χ0) is 15.7. The van der Waals surface area contributed by atoms with Crippen LogP contribution in [0.5, 0.6) is 0 Å². The van der Waals surface area contributed by atoms with Gasteiger partial charge in [-0.2, -0.15) is 0 Å². The van der Waals surface area contributed by atoms with E-state index < -0.39 is 0 Å². The van der Waals surface area contributed by atoms with Crippen molar-refractivity contribution >= 4 is 29.9 Å². The number of hydrogen-bond donors (Lipinski definition) is 2. The van der Waals surface area contributed by atoms with E-state index in [-0.39, 0.29) is 35.5 Å². The van der Waals surface area contributed by atoms with Crippen LogP contribution in [-0.4, -0.2) is 44.3 Å². The van der Waals surface area contributed by atoms with Gasteiger partial charge in [-0.1, -0.05) is 26.8 Å². The molecule has 0 saturated carbocycles. The van der Waals surface area contributed by atoms with E-state index in [2.05, 4.69) is 41.4 Å². The average Bonchev–Trinajstić information content (AvgIpc) is 2.45. The highest BCUT2D eigenvalue weighted by molar-refractivity contribution is 14.0. The zero-order valence-corrected chi connectivity index (χ0v) is 16.5. The molecule has 0 saturated heterocycles. The van der Waals surface area contributed by atoms with Gasteiger partial charge in [-0.3, -0.25) is 9.98 Å². The van der Waals surface area contributed by atoms with E-state index in [0.29, 0.717) is 0 Å². The average molecular weight is 420 g/mol. The van der Waals surface area contributed by atoms with Crippen LogP contribution in [0.2, 0.25) is 0 Å². The van der Waals surface area contributed by atoms with Crippen LogP contribution in [0.25, 0.3) is 0 Å². The summed E-state index contributed by atoms with van der Waals surface area (Å²) >= 11 is 0. The summed E-state index contributed by atoms with van der Waals surface area (Å²) in [5.41, 5.74) is 1.17. The molecule has 0 amide bonds. The number of nitrogens with one attached hydrogen (secondary N) is 2. The van der Waals surface area contributed by atoms with Crippen LogP contribution in [0.4, 0.5) is 0 Å². The lowest BCUT2D eigenvalue weighted by Gasteiger charge is -2.30. The smallest absolute Gasteiger partial charge is 0.191 e. The number of guanidine groups is 1. The van der Waals surface area contributed by atoms with Crippen molar-refractivity contribution in [2.24, 2.45) is 10.4 Å². The van der Waals surface area contributed by atoms with Gasteiger partial charge >= 0.3 is 0 Å². The van der Waals surface area contributed by atoms with Gasteiger partial charge in [0.15, 0.2) is 5.96 Å². The fraction of sp³-hybridized carbons (Fsp3) is 0.625. The Labute approximate surface area is 151 Å². The predicted octanol–water partition coefficient (Wildman–Crippen LogP) is 2.47. The fourth-order valence-electron chi connectivity index (χ4n) is 2.01. The molecule has 0 radical (unpaired) electrons. The van der Waals surface area contributed by atoms with Crippen molar-refractivity contribution in [3.8, 4) is 0 Å². The van der Waals surface area contributed by atoms with E-state index in [0.717, 1.165) is 31.2 Å². The Morgan fingerprint density at radius 1 is 1.32 bits per heavy atom. The SMILES string of the molecule is CN=C(NCCc1ccccn1)NCC(OC)C(C)(C)C.I. The topological polar surface area (TPSA) is 58.5 Å². The van der Waals surface area contributed by atoms with E-state index in [4.69, 9.17) is 4.74 Å². The number of hydrogen-bond acceptors (Lipinski definition) is 3. The molecule has 126 valence electrons. The summed E-state index contributed by atoms with van der Waals surface area (Å²) in [6.07, 6.45) is 2.82. The Hall–Kier alpha value is -0.890. The minimum atomic E-state index is 0. The van der Waals surface area contributed by atoms with Crippen LogP contribution >= 0.6 is 24.0 Å². The van der Waals surface area contributed by atoms with Crippen LogP contribution in [0.3, 0.4) is 0 Å². The molecular formula is C16H29IN4O. The van der Waals surface area contributed by atoms with Crippen molar-refractivity contribution < 1.29 is 4.74 Å². The Bertz CT molecular complexity index is 432. The number of aromatic nitrogens is 1. The van der Waals surface area contributed by atoms with Crippen LogP contribution < -0.4 is 10.6 Å². The monoisotopic (exact) mass is 420 g/mol. The van der Waals surface area contributed by atoms with Crippen LogP contribution in [-0.2, 0) is 11.2 Å². The van der Waals surface area contributed by atoms with E-state index in [1.807, 2.05) is 24.4 Å². The van der Waals surface area contributed by atoms with Gasteiger partial charge in [-0.15, -0.1) is 24.0 Å². The van der Waals surface area contributed by atoms with Gasteiger partial charge in [0, 0.05) is 45.6 Å². The van der Waals surface area contributed by atoms with E-state index >= 15 is 0 Å². The Morgan fingerprint density at radius 3 is 2.55 bits per heavy atom. The van der Waals surface area contributed by atoms with Gasteiger partial charge in [0.05, 0.1) is 6.10 Å². The number of aliphatic imine (C=N–C) groups is 1. The number of rotatable bonds is 6. The molecule has 0 aliphatic carbocycles. The first-order valence-corrected chi connectivity index (χ1v) is 7.34. The molecule has 5 nitrogen and oxygen atoms in total. The van der Waals surface area contributed by atoms with Crippen LogP contribution in [0, 0.1) is 5.41 Å². The summed E-state index contributed by atoms with van der Waals surface area (Å²) in [5, 5.41) is 6.60. The van der Waals surface area contributed by atoms with E-state index in [1.165, 1.54) is 0 Å². The summed E-state index contributed by atoms with van der Waals surface area (Å²) in [6.45, 7) is 8.02. The number of methoxy groups -OCH3 is 1. The van der Waals surface area contributed by atoms with E-state index in [1.54, 1.807) is 14.2 Å². The lowest BCUT2D eigenvalue weighted by Crippen LogP contribution is -2.45. The highest BCUT2D eigenvalue weighted by atomic mass is 127. The van der Waals surface area contributed by atoms with Crippen molar-refractivity contribution in [2.75, 3.05) is 27.2 Å². The summed E-state index contributed by atoms with van der Waals surface area (Å²) < 4.78 is 5.53. The molecule has 1 aromatic rings. The Morgan fingerprint density at radius 2 is 2.05 bits per heavy atom. The first-order chi connectivity index (χ1) is 9.97. The molecule has 22 heavy (non-hydrogen) atoms. The van der Waals surface area contributed by atoms with Gasteiger partial charge in [-0.25, -0.2) is 0 Å². The molecular weight excluding hydrogens is 391 g/mol. The molecule has 1 atom stereocenters. The summed E-state index contributed by atoms with van der Waals surface area (Å²) in [6, 6.07) is 5.95. The third-order valence-electron chi connectivity index (χ3n) is 3.33. The highest BCUT2D eigenvalue weighted by Crippen LogP contribution is 2.20. The zero-order valence-electron chi connectivity index (χ0n) is 14.2.